The fourth-order valence-electron chi connectivity index (χ4n) is 5.31. The molecule has 4 heterocycles. The molecule has 0 aliphatic heterocycles. The van der Waals surface area contributed by atoms with Crippen molar-refractivity contribution in [3.8, 4) is 11.6 Å². The number of H-pyrrole nitrogens is 1. The van der Waals surface area contributed by atoms with E-state index in [4.69, 9.17) is 4.98 Å². The molecule has 1 aliphatic rings. The van der Waals surface area contributed by atoms with Gasteiger partial charge >= 0.3 is 11.9 Å². The van der Waals surface area contributed by atoms with Gasteiger partial charge in [0.1, 0.15) is 11.3 Å². The van der Waals surface area contributed by atoms with Gasteiger partial charge in [-0.25, -0.2) is 19.2 Å². The first kappa shape index (κ1) is 29.3. The molecule has 1 fully saturated rings. The highest BCUT2D eigenvalue weighted by molar-refractivity contribution is 5.87. The van der Waals surface area contributed by atoms with E-state index in [1.807, 2.05) is 30.9 Å². The Morgan fingerprint density at radius 2 is 1.95 bits per heavy atom. The zero-order chi connectivity index (χ0) is 31.2. The second kappa shape index (κ2) is 11.4. The van der Waals surface area contributed by atoms with Crippen molar-refractivity contribution >= 4 is 22.9 Å². The number of aromatic nitrogens is 7. The zero-order valence-corrected chi connectivity index (χ0v) is 24.1. The number of halogens is 4. The molecular formula is C29H29F4N9O2. The lowest BCUT2D eigenvalue weighted by Gasteiger charge is -2.32. The Morgan fingerprint density at radius 1 is 1.16 bits per heavy atom. The van der Waals surface area contributed by atoms with Crippen LogP contribution in [0.15, 0.2) is 51.9 Å². The molecule has 1 aliphatic carbocycles. The fraction of sp³-hybridized carbons (Fsp3) is 0.379. The number of aromatic amines is 1. The summed E-state index contributed by atoms with van der Waals surface area (Å²) in [6.07, 6.45) is 0.0684. The summed E-state index contributed by atoms with van der Waals surface area (Å²) in [5.74, 6) is -0.920. The number of hydrogen-bond donors (Lipinski definition) is 2. The fourth-order valence-corrected chi connectivity index (χ4v) is 5.31. The summed E-state index contributed by atoms with van der Waals surface area (Å²) in [6.45, 7) is 3.92. The molecule has 1 saturated carbocycles. The number of imidazole rings is 1. The molecule has 2 unspecified atom stereocenters. The maximum absolute atomic E-state index is 14.7. The van der Waals surface area contributed by atoms with Gasteiger partial charge in [0.15, 0.2) is 11.5 Å². The minimum Gasteiger partial charge on any atom is -0.365 e. The lowest BCUT2D eigenvalue weighted by Crippen LogP contribution is -2.31. The zero-order valence-electron chi connectivity index (χ0n) is 24.1. The van der Waals surface area contributed by atoms with E-state index in [1.54, 1.807) is 23.9 Å². The first-order chi connectivity index (χ1) is 21.0. The minimum absolute atomic E-state index is 0.00606. The predicted molar refractivity (Wildman–Crippen MR) is 153 cm³/mol. The van der Waals surface area contributed by atoms with Crippen LogP contribution in [0.2, 0.25) is 0 Å². The molecule has 0 bridgehead atoms. The molecule has 0 saturated heterocycles. The minimum atomic E-state index is -4.82. The van der Waals surface area contributed by atoms with Crippen LogP contribution in [0.25, 0.3) is 22.8 Å². The standard InChI is InChI=1S/C29H29F4N9O2/c1-15(18-7-6-8-18)35-23-22-24(37-25(36-23)26-39-28(43)44-40-26)38-27(41(3)16(2)21-9-4-5-12-34-21)42(22)14-17-10-11-19(20(30)13-17)29(31,32)33/h4-5,9-13,15-16,18H,6-8,14H2,1-3H3,(H,35,36,37)(H,39,40,43). The van der Waals surface area contributed by atoms with Crippen molar-refractivity contribution in [2.75, 3.05) is 17.3 Å². The van der Waals surface area contributed by atoms with Gasteiger partial charge in [0.05, 0.1) is 23.8 Å². The molecule has 44 heavy (non-hydrogen) atoms. The number of alkyl halides is 3. The monoisotopic (exact) mass is 611 g/mol. The third-order valence-electron chi connectivity index (χ3n) is 8.15. The highest BCUT2D eigenvalue weighted by atomic mass is 19.4. The maximum atomic E-state index is 14.7. The van der Waals surface area contributed by atoms with Crippen LogP contribution in [0.1, 0.15) is 56.0 Å². The van der Waals surface area contributed by atoms with Crippen LogP contribution in [-0.4, -0.2) is 47.7 Å². The van der Waals surface area contributed by atoms with Gasteiger partial charge in [-0.05, 0) is 62.4 Å². The molecule has 6 rings (SSSR count). The van der Waals surface area contributed by atoms with Crippen molar-refractivity contribution < 1.29 is 22.1 Å². The molecular weight excluding hydrogens is 582 g/mol. The van der Waals surface area contributed by atoms with Crippen LogP contribution < -0.4 is 16.0 Å². The molecule has 4 aromatic heterocycles. The molecule has 0 spiro atoms. The molecule has 15 heteroatoms. The highest BCUT2D eigenvalue weighted by Gasteiger charge is 2.34. The first-order valence-corrected chi connectivity index (χ1v) is 14.1. The highest BCUT2D eigenvalue weighted by Crippen LogP contribution is 2.36. The molecule has 2 N–H and O–H groups in total. The van der Waals surface area contributed by atoms with Gasteiger partial charge in [-0.1, -0.05) is 23.7 Å². The van der Waals surface area contributed by atoms with Crippen LogP contribution in [0.5, 0.6) is 0 Å². The number of nitrogens with zero attached hydrogens (tertiary/aromatic N) is 7. The van der Waals surface area contributed by atoms with E-state index in [0.717, 1.165) is 37.1 Å². The van der Waals surface area contributed by atoms with Crippen LogP contribution in [0.4, 0.5) is 29.3 Å². The molecule has 5 aromatic rings. The number of benzene rings is 1. The van der Waals surface area contributed by atoms with Crippen molar-refractivity contribution in [2.45, 2.75) is 57.9 Å². The van der Waals surface area contributed by atoms with Crippen molar-refractivity contribution in [1.29, 1.82) is 0 Å². The number of anilines is 2. The van der Waals surface area contributed by atoms with Gasteiger partial charge in [-0.2, -0.15) is 18.2 Å². The summed E-state index contributed by atoms with van der Waals surface area (Å²) < 4.78 is 61.0. The van der Waals surface area contributed by atoms with Crippen molar-refractivity contribution in [3.63, 3.8) is 0 Å². The lowest BCUT2D eigenvalue weighted by molar-refractivity contribution is -0.140. The van der Waals surface area contributed by atoms with Gasteiger partial charge in [0.2, 0.25) is 17.6 Å². The van der Waals surface area contributed by atoms with Gasteiger partial charge < -0.3 is 14.8 Å². The van der Waals surface area contributed by atoms with E-state index in [0.29, 0.717) is 23.2 Å². The van der Waals surface area contributed by atoms with Crippen molar-refractivity contribution in [1.82, 2.24) is 34.6 Å². The number of fused-ring (bicyclic) bond motifs is 1. The van der Waals surface area contributed by atoms with Crippen LogP contribution in [0.3, 0.4) is 0 Å². The summed E-state index contributed by atoms with van der Waals surface area (Å²) in [5.41, 5.74) is 0.353. The number of pyridine rings is 1. The first-order valence-electron chi connectivity index (χ1n) is 14.1. The largest absolute Gasteiger partial charge is 0.439 e. The van der Waals surface area contributed by atoms with E-state index in [-0.39, 0.29) is 41.5 Å². The average Bonchev–Trinajstić information content (AvgIpc) is 3.54. The Hall–Kier alpha value is -4.82. The van der Waals surface area contributed by atoms with Gasteiger partial charge in [-0.3, -0.25) is 14.5 Å². The maximum Gasteiger partial charge on any atom is 0.439 e. The van der Waals surface area contributed by atoms with Crippen molar-refractivity contribution in [3.05, 3.63) is 75.8 Å². The van der Waals surface area contributed by atoms with E-state index in [2.05, 4.69) is 34.9 Å². The number of hydrogen-bond acceptors (Lipinski definition) is 9. The predicted octanol–water partition coefficient (Wildman–Crippen LogP) is 5.57. The van der Waals surface area contributed by atoms with Crippen molar-refractivity contribution in [2.24, 2.45) is 5.92 Å². The van der Waals surface area contributed by atoms with Crippen LogP contribution in [-0.2, 0) is 12.7 Å². The third-order valence-corrected chi connectivity index (χ3v) is 8.15. The second-order valence-corrected chi connectivity index (χ2v) is 11.0. The van der Waals surface area contributed by atoms with E-state index in [9.17, 15) is 22.4 Å². The summed E-state index contributed by atoms with van der Waals surface area (Å²) in [4.78, 5) is 34.5. The van der Waals surface area contributed by atoms with Gasteiger partial charge in [0, 0.05) is 19.3 Å². The van der Waals surface area contributed by atoms with E-state index in [1.165, 1.54) is 6.07 Å². The Balaban J connectivity index is 1.53. The van der Waals surface area contributed by atoms with E-state index < -0.39 is 23.3 Å². The summed E-state index contributed by atoms with van der Waals surface area (Å²) in [5, 5.41) is 7.20. The van der Waals surface area contributed by atoms with Crippen LogP contribution >= 0.6 is 0 Å². The van der Waals surface area contributed by atoms with Crippen LogP contribution in [0, 0.1) is 11.7 Å². The molecule has 1 aromatic carbocycles. The molecule has 0 radical (unpaired) electrons. The number of nitrogens with one attached hydrogen (secondary N) is 2. The summed E-state index contributed by atoms with van der Waals surface area (Å²) in [7, 11) is 1.80. The Morgan fingerprint density at radius 3 is 2.57 bits per heavy atom. The van der Waals surface area contributed by atoms with Gasteiger partial charge in [-0.15, -0.1) is 0 Å². The third kappa shape index (κ3) is 5.61. The average molecular weight is 612 g/mol. The smallest absolute Gasteiger partial charge is 0.365 e. The molecule has 230 valence electrons. The summed E-state index contributed by atoms with van der Waals surface area (Å²) in [6, 6.07) is 8.09. The van der Waals surface area contributed by atoms with Gasteiger partial charge in [0.25, 0.3) is 0 Å². The second-order valence-electron chi connectivity index (χ2n) is 11.0. The molecule has 11 nitrogen and oxygen atoms in total. The lowest BCUT2D eigenvalue weighted by atomic mass is 9.80. The molecule has 0 amide bonds. The summed E-state index contributed by atoms with van der Waals surface area (Å²) >= 11 is 0. The normalized spacial score (nSPS) is 15.2. The molecule has 2 atom stereocenters. The Labute approximate surface area is 248 Å². The Kier molecular flexibility index (Phi) is 7.55. The Bertz CT molecular complexity index is 1850. The quantitative estimate of drug-likeness (QED) is 0.206. The topological polar surface area (TPSA) is 131 Å². The SMILES string of the molecule is CC(Nc1nc(-c2noc(=O)[nH]2)nc2nc(N(C)C(C)c3ccccn3)n(Cc3ccc(C(F)(F)F)c(F)c3)c12)C1CCC1. The van der Waals surface area contributed by atoms with E-state index >= 15 is 0 Å². The number of rotatable bonds is 9.